The predicted molar refractivity (Wildman–Crippen MR) is 89.3 cm³/mol. The van der Waals surface area contributed by atoms with Crippen LogP contribution in [0.1, 0.15) is 50.3 Å². The van der Waals surface area contributed by atoms with Crippen LogP contribution < -0.4 is 0 Å². The van der Waals surface area contributed by atoms with Crippen LogP contribution in [0.2, 0.25) is 0 Å². The fourth-order valence-electron chi connectivity index (χ4n) is 3.46. The number of hydrogen-bond donors (Lipinski definition) is 1. The summed E-state index contributed by atoms with van der Waals surface area (Å²) in [5, 5.41) is 9.04. The Hall–Kier alpha value is -1.60. The minimum Gasteiger partial charge on any atom is -0.396 e. The molecule has 1 aromatic carbocycles. The van der Waals surface area contributed by atoms with Gasteiger partial charge in [-0.1, -0.05) is 61.4 Å². The van der Waals surface area contributed by atoms with Crippen LogP contribution in [0, 0.1) is 0 Å². The van der Waals surface area contributed by atoms with E-state index < -0.39 is 0 Å². The van der Waals surface area contributed by atoms with Crippen molar-refractivity contribution < 1.29 is 5.11 Å². The lowest BCUT2D eigenvalue weighted by molar-refractivity contribution is 0.288. The van der Waals surface area contributed by atoms with E-state index in [2.05, 4.69) is 57.2 Å². The van der Waals surface area contributed by atoms with Crippen LogP contribution in [0.3, 0.4) is 0 Å². The Bertz CT molecular complexity index is 656. The van der Waals surface area contributed by atoms with Crippen LogP contribution in [0.25, 0.3) is 5.57 Å². The fourth-order valence-corrected chi connectivity index (χ4v) is 3.46. The number of aliphatic hydroxyl groups excluding tert-OH is 1. The molecule has 2 aliphatic rings. The van der Waals surface area contributed by atoms with E-state index in [9.17, 15) is 0 Å². The first-order valence-electron chi connectivity index (χ1n) is 7.85. The van der Waals surface area contributed by atoms with Crippen molar-refractivity contribution in [3.8, 4) is 0 Å². The van der Waals surface area contributed by atoms with Crippen molar-refractivity contribution in [3.05, 3.63) is 64.3 Å². The third kappa shape index (κ3) is 2.51. The Kier molecular flexibility index (Phi) is 3.62. The highest BCUT2D eigenvalue weighted by Crippen LogP contribution is 2.47. The Labute approximate surface area is 127 Å². The third-order valence-electron chi connectivity index (χ3n) is 4.86. The number of fused-ring (bicyclic) bond motifs is 4. The lowest BCUT2D eigenvalue weighted by Gasteiger charge is -2.37. The molecule has 1 heteroatoms. The lowest BCUT2D eigenvalue weighted by Crippen LogP contribution is -2.26. The van der Waals surface area contributed by atoms with Crippen molar-refractivity contribution in [3.63, 3.8) is 0 Å². The zero-order valence-corrected chi connectivity index (χ0v) is 13.2. The summed E-state index contributed by atoms with van der Waals surface area (Å²) in [6.07, 6.45) is 9.71. The maximum atomic E-state index is 9.04. The molecule has 0 atom stereocenters. The summed E-state index contributed by atoms with van der Waals surface area (Å²) in [7, 11) is 0. The van der Waals surface area contributed by atoms with E-state index in [1.807, 2.05) is 0 Å². The van der Waals surface area contributed by atoms with Gasteiger partial charge in [0.25, 0.3) is 0 Å². The van der Waals surface area contributed by atoms with Crippen molar-refractivity contribution in [2.75, 3.05) is 6.61 Å². The van der Waals surface area contributed by atoms with Gasteiger partial charge in [-0.2, -0.15) is 0 Å². The molecule has 2 aliphatic carbocycles. The molecule has 0 heterocycles. The summed E-state index contributed by atoms with van der Waals surface area (Å²) in [4.78, 5) is 0. The Morgan fingerprint density at radius 2 is 2.00 bits per heavy atom. The Morgan fingerprint density at radius 1 is 1.19 bits per heavy atom. The largest absolute Gasteiger partial charge is 0.396 e. The quantitative estimate of drug-likeness (QED) is 0.860. The summed E-state index contributed by atoms with van der Waals surface area (Å²) in [5.41, 5.74) is 8.52. The van der Waals surface area contributed by atoms with E-state index in [0.717, 1.165) is 19.3 Å². The van der Waals surface area contributed by atoms with Crippen LogP contribution in [0.15, 0.2) is 47.6 Å². The zero-order chi connectivity index (χ0) is 15.0. The number of hydrogen-bond acceptors (Lipinski definition) is 1. The molecular weight excluding hydrogens is 256 g/mol. The average molecular weight is 280 g/mol. The molecule has 0 unspecified atom stereocenters. The van der Waals surface area contributed by atoms with Crippen LogP contribution in [-0.2, 0) is 11.8 Å². The summed E-state index contributed by atoms with van der Waals surface area (Å²) in [5.74, 6) is 0. The zero-order valence-electron chi connectivity index (χ0n) is 13.2. The van der Waals surface area contributed by atoms with E-state index in [4.69, 9.17) is 5.11 Å². The second-order valence-corrected chi connectivity index (χ2v) is 6.78. The molecule has 0 fully saturated rings. The first-order valence-corrected chi connectivity index (χ1v) is 7.85. The van der Waals surface area contributed by atoms with Gasteiger partial charge in [-0.15, -0.1) is 0 Å². The summed E-state index contributed by atoms with van der Waals surface area (Å²) in [6, 6.07) is 6.86. The molecule has 21 heavy (non-hydrogen) atoms. The van der Waals surface area contributed by atoms with Crippen molar-refractivity contribution in [1.82, 2.24) is 0 Å². The van der Waals surface area contributed by atoms with Gasteiger partial charge in [0.1, 0.15) is 0 Å². The number of aliphatic hydroxyl groups is 1. The summed E-state index contributed by atoms with van der Waals surface area (Å²) < 4.78 is 0. The molecule has 1 N–H and O–H groups in total. The van der Waals surface area contributed by atoms with Crippen LogP contribution in [0.5, 0.6) is 0 Å². The van der Waals surface area contributed by atoms with Gasteiger partial charge in [0.15, 0.2) is 0 Å². The van der Waals surface area contributed by atoms with Gasteiger partial charge in [-0.3, -0.25) is 0 Å². The first-order chi connectivity index (χ1) is 10.0. The van der Waals surface area contributed by atoms with Crippen molar-refractivity contribution >= 4 is 5.57 Å². The van der Waals surface area contributed by atoms with Crippen LogP contribution in [0.4, 0.5) is 0 Å². The number of allylic oxidation sites excluding steroid dienone is 6. The van der Waals surface area contributed by atoms with Gasteiger partial charge < -0.3 is 5.11 Å². The molecule has 0 radical (unpaired) electrons. The smallest absolute Gasteiger partial charge is 0.0434 e. The van der Waals surface area contributed by atoms with Gasteiger partial charge in [-0.25, -0.2) is 0 Å². The van der Waals surface area contributed by atoms with Crippen molar-refractivity contribution in [2.24, 2.45) is 0 Å². The molecule has 0 saturated carbocycles. The second kappa shape index (κ2) is 5.31. The minimum atomic E-state index is 0.0847. The Morgan fingerprint density at radius 3 is 2.76 bits per heavy atom. The van der Waals surface area contributed by atoms with Gasteiger partial charge in [0, 0.05) is 12.0 Å². The molecule has 3 rings (SSSR count). The molecule has 0 aromatic heterocycles. The van der Waals surface area contributed by atoms with Gasteiger partial charge in [0.2, 0.25) is 0 Å². The SMILES string of the molecule is CC1=CC=C2CC(=C1)C(C)(C)c1cc(CCCO)ccc12. The van der Waals surface area contributed by atoms with Crippen LogP contribution in [-0.4, -0.2) is 11.7 Å². The monoisotopic (exact) mass is 280 g/mol. The number of rotatable bonds is 3. The average Bonchev–Trinajstić information content (AvgIpc) is 2.65. The maximum Gasteiger partial charge on any atom is 0.0434 e. The fraction of sp³-hybridized carbons (Fsp3) is 0.400. The van der Waals surface area contributed by atoms with Gasteiger partial charge in [0.05, 0.1) is 0 Å². The molecule has 0 saturated heterocycles. The van der Waals surface area contributed by atoms with E-state index in [0.29, 0.717) is 0 Å². The van der Waals surface area contributed by atoms with Crippen LogP contribution >= 0.6 is 0 Å². The highest BCUT2D eigenvalue weighted by Gasteiger charge is 2.34. The van der Waals surface area contributed by atoms with Crippen molar-refractivity contribution in [1.29, 1.82) is 0 Å². The van der Waals surface area contributed by atoms with Gasteiger partial charge in [-0.05, 0) is 48.4 Å². The normalized spacial score (nSPS) is 19.1. The summed E-state index contributed by atoms with van der Waals surface area (Å²) in [6.45, 7) is 7.11. The van der Waals surface area contributed by atoms with E-state index in [1.54, 1.807) is 0 Å². The minimum absolute atomic E-state index is 0.0847. The third-order valence-corrected chi connectivity index (χ3v) is 4.86. The summed E-state index contributed by atoms with van der Waals surface area (Å²) >= 11 is 0. The second-order valence-electron chi connectivity index (χ2n) is 6.78. The molecule has 2 bridgehead atoms. The molecule has 0 amide bonds. The highest BCUT2D eigenvalue weighted by molar-refractivity contribution is 5.78. The number of benzene rings is 1. The molecule has 0 aliphatic heterocycles. The lowest BCUT2D eigenvalue weighted by atomic mass is 9.67. The maximum absolute atomic E-state index is 9.04. The van der Waals surface area contributed by atoms with Crippen molar-refractivity contribution in [2.45, 2.75) is 45.4 Å². The number of aryl methyl sites for hydroxylation is 1. The Balaban J connectivity index is 2.13. The predicted octanol–water partition coefficient (Wildman–Crippen LogP) is 4.56. The van der Waals surface area contributed by atoms with E-state index in [1.165, 1.54) is 33.4 Å². The molecule has 1 nitrogen and oxygen atoms in total. The van der Waals surface area contributed by atoms with E-state index >= 15 is 0 Å². The van der Waals surface area contributed by atoms with E-state index in [-0.39, 0.29) is 12.0 Å². The molecule has 0 spiro atoms. The molecule has 1 aromatic rings. The molecule has 110 valence electrons. The van der Waals surface area contributed by atoms with Gasteiger partial charge >= 0.3 is 0 Å². The highest BCUT2D eigenvalue weighted by atomic mass is 16.2. The topological polar surface area (TPSA) is 20.2 Å². The first kappa shape index (κ1) is 14.3. The molecular formula is C20H24O. The standard InChI is InChI=1S/C20H24O/c1-14-6-8-16-13-17(11-14)20(2,3)19-12-15(5-4-10-21)7-9-18(16)19/h6-9,11-12,21H,4-5,10,13H2,1-3H3.